The van der Waals surface area contributed by atoms with Crippen molar-refractivity contribution in [2.75, 3.05) is 13.1 Å². The summed E-state index contributed by atoms with van der Waals surface area (Å²) in [5.41, 5.74) is 1.09. The van der Waals surface area contributed by atoms with Crippen LogP contribution in [0.5, 0.6) is 0 Å². The van der Waals surface area contributed by atoms with Crippen molar-refractivity contribution < 1.29 is 14.3 Å². The molecule has 4 rings (SSSR count). The number of aryl methyl sites for hydroxylation is 1. The number of aliphatic hydroxyl groups is 1. The average molecular weight is 383 g/mol. The Balaban J connectivity index is 1.41. The third kappa shape index (κ3) is 3.43. The van der Waals surface area contributed by atoms with Crippen LogP contribution in [0, 0.1) is 11.7 Å². The number of benzene rings is 1. The Labute approximate surface area is 161 Å². The van der Waals surface area contributed by atoms with Gasteiger partial charge in [-0.1, -0.05) is 12.1 Å². The molecule has 1 aliphatic heterocycles. The highest BCUT2D eigenvalue weighted by Crippen LogP contribution is 2.30. The summed E-state index contributed by atoms with van der Waals surface area (Å²) in [5, 5.41) is 17.4. The van der Waals surface area contributed by atoms with Gasteiger partial charge in [0, 0.05) is 38.1 Å². The number of aromatic amines is 1. The lowest BCUT2D eigenvalue weighted by molar-refractivity contribution is 0.0417. The van der Waals surface area contributed by atoms with Crippen LogP contribution in [-0.2, 0) is 7.05 Å². The summed E-state index contributed by atoms with van der Waals surface area (Å²) in [6.07, 6.45) is 4.21. The lowest BCUT2D eigenvalue weighted by Gasteiger charge is -2.33. The predicted octanol–water partition coefficient (Wildman–Crippen LogP) is 2.54. The summed E-state index contributed by atoms with van der Waals surface area (Å²) in [4.78, 5) is 18.7. The largest absolute Gasteiger partial charge is 0.385 e. The summed E-state index contributed by atoms with van der Waals surface area (Å²) in [5.74, 6) is 0.158. The maximum atomic E-state index is 13.9. The summed E-state index contributed by atoms with van der Waals surface area (Å²) in [7, 11) is 1.86. The molecule has 1 amide bonds. The van der Waals surface area contributed by atoms with Crippen molar-refractivity contribution >= 4 is 5.91 Å². The van der Waals surface area contributed by atoms with E-state index in [1.807, 2.05) is 17.8 Å². The van der Waals surface area contributed by atoms with E-state index in [4.69, 9.17) is 0 Å². The molecule has 0 spiro atoms. The molecule has 0 radical (unpaired) electrons. The van der Waals surface area contributed by atoms with Crippen molar-refractivity contribution in [2.45, 2.75) is 18.9 Å². The number of nitrogens with zero attached hydrogens (tertiary/aromatic N) is 4. The predicted molar refractivity (Wildman–Crippen MR) is 101 cm³/mol. The number of amides is 1. The first-order valence-corrected chi connectivity index (χ1v) is 9.29. The number of imidazole rings is 1. The molecule has 1 aromatic carbocycles. The van der Waals surface area contributed by atoms with Gasteiger partial charge < -0.3 is 14.6 Å². The number of hydrogen-bond donors (Lipinski definition) is 2. The lowest BCUT2D eigenvalue weighted by Crippen LogP contribution is -2.40. The number of H-pyrrole nitrogens is 1. The second-order valence-corrected chi connectivity index (χ2v) is 7.12. The van der Waals surface area contributed by atoms with E-state index < -0.39 is 6.10 Å². The SMILES string of the molecule is Cn1ccnc1[C@@H](O)C1CCN(C(=O)c2cc(-c3ccccc3F)n[nH]2)CC1. The number of carbonyl (C=O) groups excluding carboxylic acids is 1. The Morgan fingerprint density at radius 2 is 2.07 bits per heavy atom. The number of nitrogens with one attached hydrogen (secondary N) is 1. The highest BCUT2D eigenvalue weighted by Gasteiger charge is 2.31. The molecule has 1 fully saturated rings. The molecule has 28 heavy (non-hydrogen) atoms. The van der Waals surface area contributed by atoms with Crippen molar-refractivity contribution in [3.8, 4) is 11.3 Å². The van der Waals surface area contributed by atoms with E-state index in [9.17, 15) is 14.3 Å². The Morgan fingerprint density at radius 3 is 2.75 bits per heavy atom. The van der Waals surface area contributed by atoms with E-state index in [2.05, 4.69) is 15.2 Å². The zero-order valence-electron chi connectivity index (χ0n) is 15.5. The normalized spacial score (nSPS) is 16.3. The molecular weight excluding hydrogens is 361 g/mol. The number of piperidine rings is 1. The minimum absolute atomic E-state index is 0.0564. The van der Waals surface area contributed by atoms with Gasteiger partial charge in [-0.25, -0.2) is 9.37 Å². The minimum Gasteiger partial charge on any atom is -0.385 e. The molecule has 7 nitrogen and oxygen atoms in total. The van der Waals surface area contributed by atoms with Crippen LogP contribution in [0.1, 0.15) is 35.3 Å². The third-order valence-corrected chi connectivity index (χ3v) is 5.35. The minimum atomic E-state index is -0.642. The van der Waals surface area contributed by atoms with Crippen molar-refractivity contribution in [1.29, 1.82) is 0 Å². The Morgan fingerprint density at radius 1 is 1.32 bits per heavy atom. The van der Waals surface area contributed by atoms with Crippen LogP contribution in [0.25, 0.3) is 11.3 Å². The molecule has 0 aliphatic carbocycles. The summed E-state index contributed by atoms with van der Waals surface area (Å²) >= 11 is 0. The third-order valence-electron chi connectivity index (χ3n) is 5.35. The first kappa shape index (κ1) is 18.4. The molecule has 3 heterocycles. The molecule has 1 atom stereocenters. The van der Waals surface area contributed by atoms with Gasteiger partial charge in [0.15, 0.2) is 0 Å². The topological polar surface area (TPSA) is 87.0 Å². The number of aromatic nitrogens is 4. The zero-order valence-corrected chi connectivity index (χ0v) is 15.5. The maximum Gasteiger partial charge on any atom is 0.271 e. The fourth-order valence-electron chi connectivity index (χ4n) is 3.70. The van der Waals surface area contributed by atoms with Gasteiger partial charge in [-0.2, -0.15) is 5.10 Å². The second kappa shape index (κ2) is 7.55. The molecular formula is C20H22FN5O2. The molecule has 1 aliphatic rings. The molecule has 8 heteroatoms. The standard InChI is InChI=1S/C20H22FN5O2/c1-25-11-8-22-19(25)18(27)13-6-9-26(10-7-13)20(28)17-12-16(23-24-17)14-4-2-3-5-15(14)21/h2-5,8,11-13,18,27H,6-7,9-10H2,1H3,(H,23,24)/t18-/m0/s1. The summed E-state index contributed by atoms with van der Waals surface area (Å²) < 4.78 is 15.7. The van der Waals surface area contributed by atoms with E-state index in [1.165, 1.54) is 6.07 Å². The highest BCUT2D eigenvalue weighted by atomic mass is 19.1. The van der Waals surface area contributed by atoms with Gasteiger partial charge in [0.25, 0.3) is 5.91 Å². The monoisotopic (exact) mass is 383 g/mol. The zero-order chi connectivity index (χ0) is 19.7. The van der Waals surface area contributed by atoms with Crippen LogP contribution in [0.4, 0.5) is 4.39 Å². The first-order valence-electron chi connectivity index (χ1n) is 9.29. The summed E-state index contributed by atoms with van der Waals surface area (Å²) in [6, 6.07) is 7.91. The first-order chi connectivity index (χ1) is 13.5. The Bertz CT molecular complexity index is 974. The molecule has 0 saturated carbocycles. The fourth-order valence-corrected chi connectivity index (χ4v) is 3.70. The number of halogens is 1. The van der Waals surface area contributed by atoms with E-state index in [1.54, 1.807) is 35.4 Å². The Kier molecular flexibility index (Phi) is 4.95. The molecule has 2 aromatic heterocycles. The van der Waals surface area contributed by atoms with Crippen LogP contribution in [-0.4, -0.2) is 48.8 Å². The fraction of sp³-hybridized carbons (Fsp3) is 0.350. The second-order valence-electron chi connectivity index (χ2n) is 7.12. The Hall–Kier alpha value is -3.00. The number of hydrogen-bond acceptors (Lipinski definition) is 4. The van der Waals surface area contributed by atoms with Gasteiger partial charge in [0.05, 0.1) is 5.69 Å². The maximum absolute atomic E-state index is 13.9. The van der Waals surface area contributed by atoms with Crippen LogP contribution in [0.2, 0.25) is 0 Å². The molecule has 0 unspecified atom stereocenters. The van der Waals surface area contributed by atoms with Crippen LogP contribution in [0.3, 0.4) is 0 Å². The van der Waals surface area contributed by atoms with Gasteiger partial charge in [0.1, 0.15) is 23.4 Å². The van der Waals surface area contributed by atoms with Crippen molar-refractivity contribution in [2.24, 2.45) is 13.0 Å². The van der Waals surface area contributed by atoms with Gasteiger partial charge in [-0.3, -0.25) is 9.89 Å². The smallest absolute Gasteiger partial charge is 0.271 e. The molecule has 146 valence electrons. The number of rotatable bonds is 4. The van der Waals surface area contributed by atoms with E-state index in [-0.39, 0.29) is 17.6 Å². The van der Waals surface area contributed by atoms with Crippen LogP contribution in [0.15, 0.2) is 42.7 Å². The van der Waals surface area contributed by atoms with Gasteiger partial charge in [-0.05, 0) is 37.0 Å². The number of carbonyl (C=O) groups is 1. The van der Waals surface area contributed by atoms with Gasteiger partial charge >= 0.3 is 0 Å². The van der Waals surface area contributed by atoms with Crippen molar-refractivity contribution in [3.63, 3.8) is 0 Å². The van der Waals surface area contributed by atoms with E-state index in [0.29, 0.717) is 48.7 Å². The van der Waals surface area contributed by atoms with Gasteiger partial charge in [0.2, 0.25) is 0 Å². The highest BCUT2D eigenvalue weighted by molar-refractivity contribution is 5.93. The van der Waals surface area contributed by atoms with Gasteiger partial charge in [-0.15, -0.1) is 0 Å². The van der Waals surface area contributed by atoms with E-state index >= 15 is 0 Å². The molecule has 1 saturated heterocycles. The average Bonchev–Trinajstić information content (AvgIpc) is 3.37. The lowest BCUT2D eigenvalue weighted by atomic mass is 9.90. The molecule has 3 aromatic rings. The number of likely N-dealkylation sites (tertiary alicyclic amines) is 1. The van der Waals surface area contributed by atoms with E-state index in [0.717, 1.165) is 0 Å². The number of aliphatic hydroxyl groups excluding tert-OH is 1. The van der Waals surface area contributed by atoms with Crippen LogP contribution >= 0.6 is 0 Å². The molecule has 2 N–H and O–H groups in total. The van der Waals surface area contributed by atoms with Crippen molar-refractivity contribution in [1.82, 2.24) is 24.6 Å². The summed E-state index contributed by atoms with van der Waals surface area (Å²) in [6.45, 7) is 1.08. The molecule has 0 bridgehead atoms. The van der Waals surface area contributed by atoms with Crippen LogP contribution < -0.4 is 0 Å². The quantitative estimate of drug-likeness (QED) is 0.725. The van der Waals surface area contributed by atoms with Crippen molar-refractivity contribution in [3.05, 3.63) is 60.1 Å².